The van der Waals surface area contributed by atoms with Crippen LogP contribution in [0.4, 0.5) is 0 Å². The Morgan fingerprint density at radius 1 is 1.42 bits per heavy atom. The fourth-order valence-electron chi connectivity index (χ4n) is 1.99. The molecule has 1 saturated carbocycles. The van der Waals surface area contributed by atoms with Gasteiger partial charge in [-0.15, -0.1) is 0 Å². The van der Waals surface area contributed by atoms with E-state index in [1.54, 1.807) is 11.1 Å². The van der Waals surface area contributed by atoms with Crippen molar-refractivity contribution < 1.29 is 0 Å². The van der Waals surface area contributed by atoms with Gasteiger partial charge in [-0.25, -0.2) is 0 Å². The van der Waals surface area contributed by atoms with Crippen LogP contribution in [-0.4, -0.2) is 25.5 Å². The lowest BCUT2D eigenvalue weighted by Gasteiger charge is -2.19. The van der Waals surface area contributed by atoms with Crippen molar-refractivity contribution in [3.8, 4) is 0 Å². The molecule has 0 aromatic heterocycles. The van der Waals surface area contributed by atoms with Crippen LogP contribution in [0.2, 0.25) is 0 Å². The van der Waals surface area contributed by atoms with Crippen LogP contribution in [0.1, 0.15) is 33.1 Å². The van der Waals surface area contributed by atoms with Gasteiger partial charge in [-0.2, -0.15) is 0 Å². The van der Waals surface area contributed by atoms with Crippen molar-refractivity contribution in [1.29, 1.82) is 0 Å². The third-order valence-corrected chi connectivity index (χ3v) is 2.57. The molecule has 70 valence electrons. The van der Waals surface area contributed by atoms with E-state index >= 15 is 0 Å². The van der Waals surface area contributed by atoms with Crippen LogP contribution < -0.4 is 0 Å². The maximum absolute atomic E-state index is 2.35. The first-order valence-corrected chi connectivity index (χ1v) is 5.00. The molecule has 1 atom stereocenters. The summed E-state index contributed by atoms with van der Waals surface area (Å²) in [7, 11) is 4.31. The second-order valence-corrected chi connectivity index (χ2v) is 4.15. The minimum Gasteiger partial charge on any atom is -0.309 e. The van der Waals surface area contributed by atoms with Crippen molar-refractivity contribution in [2.24, 2.45) is 5.92 Å². The maximum Gasteiger partial charge on any atom is 0.00383 e. The van der Waals surface area contributed by atoms with E-state index in [1.165, 1.54) is 25.8 Å². The van der Waals surface area contributed by atoms with Gasteiger partial charge in [-0.3, -0.25) is 0 Å². The molecule has 1 nitrogen and oxygen atoms in total. The topological polar surface area (TPSA) is 3.24 Å². The molecule has 0 unspecified atom stereocenters. The van der Waals surface area contributed by atoms with Crippen LogP contribution in [0.15, 0.2) is 11.1 Å². The monoisotopic (exact) mass is 167 g/mol. The van der Waals surface area contributed by atoms with Gasteiger partial charge in [0.2, 0.25) is 0 Å². The van der Waals surface area contributed by atoms with Crippen molar-refractivity contribution in [1.82, 2.24) is 4.90 Å². The lowest BCUT2D eigenvalue weighted by molar-refractivity contribution is 0.360. The molecule has 0 heterocycles. The van der Waals surface area contributed by atoms with E-state index in [-0.39, 0.29) is 0 Å². The molecule has 1 aliphatic rings. The van der Waals surface area contributed by atoms with Gasteiger partial charge in [0.05, 0.1) is 0 Å². The SMILES string of the molecule is CCC(=C1CC1)[C@@H](C)CN(C)C. The molecule has 0 radical (unpaired) electrons. The minimum absolute atomic E-state index is 0.766. The number of hydrogen-bond donors (Lipinski definition) is 0. The molecule has 0 amide bonds. The summed E-state index contributed by atoms with van der Waals surface area (Å²) in [6, 6.07) is 0. The lowest BCUT2D eigenvalue weighted by atomic mass is 9.97. The van der Waals surface area contributed by atoms with Gasteiger partial charge >= 0.3 is 0 Å². The fraction of sp³-hybridized carbons (Fsp3) is 0.818. The number of hydrogen-bond acceptors (Lipinski definition) is 1. The summed E-state index contributed by atoms with van der Waals surface area (Å²) < 4.78 is 0. The zero-order valence-corrected chi connectivity index (χ0v) is 8.85. The van der Waals surface area contributed by atoms with Gasteiger partial charge in [0.15, 0.2) is 0 Å². The zero-order chi connectivity index (χ0) is 9.14. The van der Waals surface area contributed by atoms with Crippen molar-refractivity contribution >= 4 is 0 Å². The van der Waals surface area contributed by atoms with E-state index in [1.807, 2.05) is 0 Å². The average Bonchev–Trinajstić information content (AvgIpc) is 2.70. The first-order valence-electron chi connectivity index (χ1n) is 5.00. The highest BCUT2D eigenvalue weighted by Gasteiger charge is 2.20. The van der Waals surface area contributed by atoms with E-state index in [0.717, 1.165) is 5.92 Å². The van der Waals surface area contributed by atoms with Gasteiger partial charge in [0, 0.05) is 6.54 Å². The van der Waals surface area contributed by atoms with Gasteiger partial charge in [-0.1, -0.05) is 25.0 Å². The molecule has 1 fully saturated rings. The quantitative estimate of drug-likeness (QED) is 0.582. The van der Waals surface area contributed by atoms with Crippen molar-refractivity contribution in [2.75, 3.05) is 20.6 Å². The highest BCUT2D eigenvalue weighted by Crippen LogP contribution is 2.36. The van der Waals surface area contributed by atoms with E-state index in [2.05, 4.69) is 32.8 Å². The summed E-state index contributed by atoms with van der Waals surface area (Å²) in [5.74, 6) is 0.766. The Kier molecular flexibility index (Phi) is 3.33. The van der Waals surface area contributed by atoms with Gasteiger partial charge in [0.1, 0.15) is 0 Å². The van der Waals surface area contributed by atoms with Crippen LogP contribution in [-0.2, 0) is 0 Å². The Hall–Kier alpha value is -0.300. The highest BCUT2D eigenvalue weighted by molar-refractivity contribution is 5.26. The molecule has 1 aliphatic carbocycles. The molecule has 0 aromatic rings. The molecule has 1 rings (SSSR count). The third-order valence-electron chi connectivity index (χ3n) is 2.57. The Labute approximate surface area is 76.5 Å². The number of allylic oxidation sites excluding steroid dienone is 1. The predicted octanol–water partition coefficient (Wildman–Crippen LogP) is 2.68. The normalized spacial score (nSPS) is 18.2. The largest absolute Gasteiger partial charge is 0.309 e. The van der Waals surface area contributed by atoms with Crippen LogP contribution >= 0.6 is 0 Å². The lowest BCUT2D eigenvalue weighted by Crippen LogP contribution is -2.21. The predicted molar refractivity (Wildman–Crippen MR) is 54.3 cm³/mol. The standard InChI is InChI=1S/C11H21N/c1-5-11(10-6-7-10)9(2)8-12(3)4/h9H,5-8H2,1-4H3/t9-/m0/s1. The summed E-state index contributed by atoms with van der Waals surface area (Å²) in [6.45, 7) is 5.84. The van der Waals surface area contributed by atoms with Gasteiger partial charge in [0.25, 0.3) is 0 Å². The van der Waals surface area contributed by atoms with Crippen LogP contribution in [0.3, 0.4) is 0 Å². The number of nitrogens with zero attached hydrogens (tertiary/aromatic N) is 1. The van der Waals surface area contributed by atoms with Crippen molar-refractivity contribution in [2.45, 2.75) is 33.1 Å². The van der Waals surface area contributed by atoms with E-state index < -0.39 is 0 Å². The molecule has 12 heavy (non-hydrogen) atoms. The molecule has 0 aliphatic heterocycles. The molecular weight excluding hydrogens is 146 g/mol. The first kappa shape index (κ1) is 9.79. The van der Waals surface area contributed by atoms with E-state index in [9.17, 15) is 0 Å². The van der Waals surface area contributed by atoms with Gasteiger partial charge < -0.3 is 4.90 Å². The molecular formula is C11H21N. The molecule has 0 spiro atoms. The number of rotatable bonds is 4. The second-order valence-electron chi connectivity index (χ2n) is 4.15. The van der Waals surface area contributed by atoms with E-state index in [0.29, 0.717) is 0 Å². The third kappa shape index (κ3) is 2.63. The zero-order valence-electron chi connectivity index (χ0n) is 8.85. The smallest absolute Gasteiger partial charge is 0.00383 e. The summed E-state index contributed by atoms with van der Waals surface area (Å²) >= 11 is 0. The Balaban J connectivity index is 2.49. The highest BCUT2D eigenvalue weighted by atomic mass is 15.1. The molecule has 0 saturated heterocycles. The minimum atomic E-state index is 0.766. The Bertz CT molecular complexity index is 173. The summed E-state index contributed by atoms with van der Waals surface area (Å²) in [6.07, 6.45) is 4.01. The maximum atomic E-state index is 2.35. The Morgan fingerprint density at radius 3 is 2.33 bits per heavy atom. The summed E-state index contributed by atoms with van der Waals surface area (Å²) in [5.41, 5.74) is 3.47. The van der Waals surface area contributed by atoms with Crippen LogP contribution in [0, 0.1) is 5.92 Å². The van der Waals surface area contributed by atoms with Crippen LogP contribution in [0.25, 0.3) is 0 Å². The molecule has 0 N–H and O–H groups in total. The second kappa shape index (κ2) is 4.08. The first-order chi connectivity index (χ1) is 5.65. The van der Waals surface area contributed by atoms with Crippen molar-refractivity contribution in [3.05, 3.63) is 11.1 Å². The van der Waals surface area contributed by atoms with Crippen molar-refractivity contribution in [3.63, 3.8) is 0 Å². The molecule has 1 heteroatoms. The fourth-order valence-corrected chi connectivity index (χ4v) is 1.99. The van der Waals surface area contributed by atoms with E-state index in [4.69, 9.17) is 0 Å². The molecule has 0 bridgehead atoms. The summed E-state index contributed by atoms with van der Waals surface area (Å²) in [5, 5.41) is 0. The molecule has 0 aromatic carbocycles. The average molecular weight is 167 g/mol. The van der Waals surface area contributed by atoms with Gasteiger partial charge in [-0.05, 0) is 39.3 Å². The van der Waals surface area contributed by atoms with Crippen LogP contribution in [0.5, 0.6) is 0 Å². The summed E-state index contributed by atoms with van der Waals surface area (Å²) in [4.78, 5) is 2.28. The Morgan fingerprint density at radius 2 is 2.00 bits per heavy atom.